The first-order chi connectivity index (χ1) is 10.2. The average molecular weight is 283 g/mol. The second-order valence-corrected chi connectivity index (χ2v) is 5.05. The Morgan fingerprint density at radius 1 is 1.19 bits per heavy atom. The van der Waals surface area contributed by atoms with Crippen LogP contribution >= 0.6 is 0 Å². The molecular weight excluding hydrogens is 262 g/mol. The summed E-state index contributed by atoms with van der Waals surface area (Å²) in [5, 5.41) is 2.92. The van der Waals surface area contributed by atoms with Gasteiger partial charge < -0.3 is 10.2 Å². The van der Waals surface area contributed by atoms with Gasteiger partial charge in [0, 0.05) is 37.7 Å². The summed E-state index contributed by atoms with van der Waals surface area (Å²) in [6, 6.07) is 13.9. The topological polar surface area (TPSA) is 45.2 Å². The maximum absolute atomic E-state index is 11.9. The van der Waals surface area contributed by atoms with Crippen molar-refractivity contribution in [3.05, 3.63) is 59.9 Å². The molecule has 0 atom stereocenters. The van der Waals surface area contributed by atoms with Crippen LogP contribution in [-0.2, 0) is 0 Å². The summed E-state index contributed by atoms with van der Waals surface area (Å²) >= 11 is 0. The summed E-state index contributed by atoms with van der Waals surface area (Å²) < 4.78 is 0. The molecule has 0 aliphatic carbocycles. The normalized spacial score (nSPS) is 10.2. The van der Waals surface area contributed by atoms with Crippen LogP contribution in [0.25, 0.3) is 0 Å². The average Bonchev–Trinajstić information content (AvgIpc) is 2.52. The van der Waals surface area contributed by atoms with E-state index in [2.05, 4.69) is 34.4 Å². The smallest absolute Gasteiger partial charge is 0.252 e. The van der Waals surface area contributed by atoms with Gasteiger partial charge in [0.15, 0.2) is 0 Å². The molecule has 0 saturated heterocycles. The number of hydrogen-bond acceptors (Lipinski definition) is 3. The number of amides is 1. The molecule has 2 aromatic rings. The van der Waals surface area contributed by atoms with Crippen molar-refractivity contribution in [3.63, 3.8) is 0 Å². The molecule has 0 spiro atoms. The van der Waals surface area contributed by atoms with Gasteiger partial charge in [-0.25, -0.2) is 0 Å². The van der Waals surface area contributed by atoms with Crippen LogP contribution in [0.2, 0.25) is 0 Å². The second kappa shape index (κ2) is 7.43. The van der Waals surface area contributed by atoms with E-state index >= 15 is 0 Å². The van der Waals surface area contributed by atoms with E-state index in [1.54, 1.807) is 12.3 Å². The first-order valence-corrected chi connectivity index (χ1v) is 7.14. The van der Waals surface area contributed by atoms with Gasteiger partial charge >= 0.3 is 0 Å². The third kappa shape index (κ3) is 4.60. The Morgan fingerprint density at radius 3 is 2.62 bits per heavy atom. The van der Waals surface area contributed by atoms with Crippen LogP contribution < -0.4 is 10.2 Å². The van der Waals surface area contributed by atoms with E-state index in [-0.39, 0.29) is 5.91 Å². The molecule has 0 radical (unpaired) electrons. The SMILES string of the molecule is Cc1ccc(C(=O)NCCCN(C)c2ccccc2)cn1. The zero-order valence-electron chi connectivity index (χ0n) is 12.5. The Balaban J connectivity index is 1.72. The summed E-state index contributed by atoms with van der Waals surface area (Å²) in [7, 11) is 2.06. The van der Waals surface area contributed by atoms with Gasteiger partial charge in [0.05, 0.1) is 5.56 Å². The van der Waals surface area contributed by atoms with Gasteiger partial charge in [-0.15, -0.1) is 0 Å². The number of aromatic nitrogens is 1. The molecule has 1 aromatic heterocycles. The molecule has 110 valence electrons. The number of nitrogens with one attached hydrogen (secondary N) is 1. The first-order valence-electron chi connectivity index (χ1n) is 7.14. The summed E-state index contributed by atoms with van der Waals surface area (Å²) in [5.74, 6) is -0.0649. The monoisotopic (exact) mass is 283 g/mol. The fourth-order valence-corrected chi connectivity index (χ4v) is 2.03. The number of anilines is 1. The van der Waals surface area contributed by atoms with Crippen molar-refractivity contribution in [2.45, 2.75) is 13.3 Å². The van der Waals surface area contributed by atoms with Crippen molar-refractivity contribution in [3.8, 4) is 0 Å². The lowest BCUT2D eigenvalue weighted by Gasteiger charge is -2.19. The van der Waals surface area contributed by atoms with Crippen LogP contribution in [0.15, 0.2) is 48.7 Å². The Bertz CT molecular complexity index is 566. The Kier molecular flexibility index (Phi) is 5.32. The Morgan fingerprint density at radius 2 is 1.95 bits per heavy atom. The highest BCUT2D eigenvalue weighted by molar-refractivity contribution is 5.93. The molecule has 2 rings (SSSR count). The second-order valence-electron chi connectivity index (χ2n) is 5.05. The van der Waals surface area contributed by atoms with Crippen LogP contribution in [0.4, 0.5) is 5.69 Å². The minimum absolute atomic E-state index is 0.0649. The molecule has 4 heteroatoms. The lowest BCUT2D eigenvalue weighted by atomic mass is 10.2. The first kappa shape index (κ1) is 15.0. The quantitative estimate of drug-likeness (QED) is 0.829. The highest BCUT2D eigenvalue weighted by Gasteiger charge is 2.05. The standard InChI is InChI=1S/C17H21N3O/c1-14-9-10-15(13-19-14)17(21)18-11-6-12-20(2)16-7-4-3-5-8-16/h3-5,7-10,13H,6,11-12H2,1-2H3,(H,18,21). The van der Waals surface area contributed by atoms with Crippen molar-refractivity contribution in [1.29, 1.82) is 0 Å². The number of aryl methyl sites for hydroxylation is 1. The van der Waals surface area contributed by atoms with Crippen LogP contribution in [0.5, 0.6) is 0 Å². The highest BCUT2D eigenvalue weighted by Crippen LogP contribution is 2.10. The van der Waals surface area contributed by atoms with Crippen LogP contribution in [0.1, 0.15) is 22.5 Å². The summed E-state index contributed by atoms with van der Waals surface area (Å²) in [6.07, 6.45) is 2.51. The summed E-state index contributed by atoms with van der Waals surface area (Å²) in [5.41, 5.74) is 2.71. The number of benzene rings is 1. The number of pyridine rings is 1. The number of carbonyl (C=O) groups is 1. The van der Waals surface area contributed by atoms with Gasteiger partial charge in [-0.1, -0.05) is 18.2 Å². The minimum atomic E-state index is -0.0649. The van der Waals surface area contributed by atoms with Gasteiger partial charge in [-0.05, 0) is 37.6 Å². The van der Waals surface area contributed by atoms with Crippen molar-refractivity contribution >= 4 is 11.6 Å². The molecule has 1 amide bonds. The molecule has 0 unspecified atom stereocenters. The lowest BCUT2D eigenvalue weighted by molar-refractivity contribution is 0.0953. The maximum Gasteiger partial charge on any atom is 0.252 e. The molecule has 0 aliphatic heterocycles. The minimum Gasteiger partial charge on any atom is -0.375 e. The number of para-hydroxylation sites is 1. The van der Waals surface area contributed by atoms with Crippen LogP contribution in [0.3, 0.4) is 0 Å². The third-order valence-electron chi connectivity index (χ3n) is 3.33. The predicted octanol–water partition coefficient (Wildman–Crippen LogP) is 2.65. The van der Waals surface area contributed by atoms with Gasteiger partial charge in [0.1, 0.15) is 0 Å². The molecule has 1 heterocycles. The van der Waals surface area contributed by atoms with E-state index in [0.29, 0.717) is 12.1 Å². The molecule has 0 bridgehead atoms. The zero-order valence-corrected chi connectivity index (χ0v) is 12.5. The largest absolute Gasteiger partial charge is 0.375 e. The molecule has 4 nitrogen and oxygen atoms in total. The van der Waals surface area contributed by atoms with Gasteiger partial charge in [0.2, 0.25) is 0 Å². The van der Waals surface area contributed by atoms with E-state index < -0.39 is 0 Å². The Labute approximate surface area is 125 Å². The highest BCUT2D eigenvalue weighted by atomic mass is 16.1. The van der Waals surface area contributed by atoms with Crippen LogP contribution in [0, 0.1) is 6.92 Å². The van der Waals surface area contributed by atoms with Gasteiger partial charge in [-0.3, -0.25) is 9.78 Å². The van der Waals surface area contributed by atoms with Crippen molar-refractivity contribution in [1.82, 2.24) is 10.3 Å². The molecule has 1 N–H and O–H groups in total. The fraction of sp³-hybridized carbons (Fsp3) is 0.294. The lowest BCUT2D eigenvalue weighted by Crippen LogP contribution is -2.28. The van der Waals surface area contributed by atoms with E-state index in [1.165, 1.54) is 5.69 Å². The van der Waals surface area contributed by atoms with Gasteiger partial charge in [-0.2, -0.15) is 0 Å². The predicted molar refractivity (Wildman–Crippen MR) is 85.6 cm³/mol. The Hall–Kier alpha value is -2.36. The number of nitrogens with zero attached hydrogens (tertiary/aromatic N) is 2. The van der Waals surface area contributed by atoms with E-state index in [4.69, 9.17) is 0 Å². The number of hydrogen-bond donors (Lipinski definition) is 1. The van der Waals surface area contributed by atoms with E-state index in [1.807, 2.05) is 31.2 Å². The number of rotatable bonds is 6. The third-order valence-corrected chi connectivity index (χ3v) is 3.33. The molecule has 0 fully saturated rings. The summed E-state index contributed by atoms with van der Waals surface area (Å²) in [6.45, 7) is 3.46. The molecule has 0 aliphatic rings. The summed E-state index contributed by atoms with van der Waals surface area (Å²) in [4.78, 5) is 18.2. The fourth-order valence-electron chi connectivity index (χ4n) is 2.03. The van der Waals surface area contributed by atoms with Crippen LogP contribution in [-0.4, -0.2) is 31.0 Å². The number of carbonyl (C=O) groups excluding carboxylic acids is 1. The zero-order chi connectivity index (χ0) is 15.1. The van der Waals surface area contributed by atoms with Gasteiger partial charge in [0.25, 0.3) is 5.91 Å². The van der Waals surface area contributed by atoms with E-state index in [9.17, 15) is 4.79 Å². The molecule has 21 heavy (non-hydrogen) atoms. The van der Waals surface area contributed by atoms with E-state index in [0.717, 1.165) is 18.7 Å². The maximum atomic E-state index is 11.9. The van der Waals surface area contributed by atoms with Crippen molar-refractivity contribution in [2.24, 2.45) is 0 Å². The van der Waals surface area contributed by atoms with Crippen molar-refractivity contribution < 1.29 is 4.79 Å². The molecular formula is C17H21N3O. The molecule has 1 aromatic carbocycles. The molecule has 0 saturated carbocycles. The van der Waals surface area contributed by atoms with Crippen molar-refractivity contribution in [2.75, 3.05) is 25.0 Å².